The zero-order chi connectivity index (χ0) is 24.9. The van der Waals surface area contributed by atoms with E-state index in [1.165, 1.54) is 23.5 Å². The predicted octanol–water partition coefficient (Wildman–Crippen LogP) is 3.51. The Kier molecular flexibility index (Phi) is 7.91. The number of rotatable bonds is 10. The van der Waals surface area contributed by atoms with E-state index in [1.807, 2.05) is 17.6 Å². The largest absolute Gasteiger partial charge is 0.493 e. The topological polar surface area (TPSA) is 115 Å². The van der Waals surface area contributed by atoms with E-state index in [2.05, 4.69) is 4.98 Å². The molecule has 1 aromatic heterocycles. The minimum Gasteiger partial charge on any atom is -0.493 e. The summed E-state index contributed by atoms with van der Waals surface area (Å²) in [5, 5.41) is 9.01. The van der Waals surface area contributed by atoms with Crippen molar-refractivity contribution in [1.82, 2.24) is 13.9 Å². The number of hydrogen-bond donors (Lipinski definition) is 0. The summed E-state index contributed by atoms with van der Waals surface area (Å²) in [6, 6.07) is 11.5. The van der Waals surface area contributed by atoms with Crippen LogP contribution in [0.25, 0.3) is 11.0 Å². The Hall–Kier alpha value is -3.42. The van der Waals surface area contributed by atoms with Gasteiger partial charge in [0.2, 0.25) is 10.0 Å². The maximum Gasteiger partial charge on any atom is 0.311 e. The van der Waals surface area contributed by atoms with Crippen LogP contribution in [0.2, 0.25) is 0 Å². The SMILES string of the molecule is CCN(CC)S(=O)(=O)c1ccc2c(c1)nc(CCC(=O)Oc1ccc(C#N)cc1OC)n2CC. The van der Waals surface area contributed by atoms with Gasteiger partial charge in [0.25, 0.3) is 0 Å². The average molecular weight is 485 g/mol. The van der Waals surface area contributed by atoms with Gasteiger partial charge in [0.1, 0.15) is 5.82 Å². The predicted molar refractivity (Wildman–Crippen MR) is 127 cm³/mol. The van der Waals surface area contributed by atoms with Gasteiger partial charge in [-0.2, -0.15) is 9.57 Å². The van der Waals surface area contributed by atoms with Gasteiger partial charge in [-0.25, -0.2) is 13.4 Å². The smallest absolute Gasteiger partial charge is 0.311 e. The van der Waals surface area contributed by atoms with Gasteiger partial charge in [-0.1, -0.05) is 13.8 Å². The van der Waals surface area contributed by atoms with Crippen molar-refractivity contribution in [3.8, 4) is 17.6 Å². The second kappa shape index (κ2) is 10.7. The standard InChI is InChI=1S/C24H28N4O5S/c1-5-27(6-2)34(30,31)18-9-10-20-19(15-18)26-23(28(20)7-3)12-13-24(29)33-21-11-8-17(16-25)14-22(21)32-4/h8-11,14-15H,5-7,12-13H2,1-4H3. The molecule has 0 aliphatic heterocycles. The average Bonchev–Trinajstić information content (AvgIpc) is 3.20. The lowest BCUT2D eigenvalue weighted by molar-refractivity contribution is -0.134. The quantitative estimate of drug-likeness (QED) is 0.319. The van der Waals surface area contributed by atoms with Crippen LogP contribution in [-0.2, 0) is 27.8 Å². The molecule has 0 bridgehead atoms. The van der Waals surface area contributed by atoms with E-state index in [4.69, 9.17) is 14.7 Å². The number of ether oxygens (including phenoxy) is 2. The number of hydrogen-bond acceptors (Lipinski definition) is 7. The summed E-state index contributed by atoms with van der Waals surface area (Å²) < 4.78 is 39.8. The highest BCUT2D eigenvalue weighted by atomic mass is 32.2. The Bertz CT molecular complexity index is 1340. The molecule has 0 unspecified atom stereocenters. The monoisotopic (exact) mass is 484 g/mol. The van der Waals surface area contributed by atoms with E-state index in [0.29, 0.717) is 48.7 Å². The van der Waals surface area contributed by atoms with Gasteiger partial charge < -0.3 is 14.0 Å². The molecule has 10 heteroatoms. The second-order valence-electron chi connectivity index (χ2n) is 7.46. The number of carbonyl (C=O) groups is 1. The highest BCUT2D eigenvalue weighted by Crippen LogP contribution is 2.28. The van der Waals surface area contributed by atoms with Gasteiger partial charge in [0.05, 0.1) is 41.1 Å². The molecule has 0 N–H and O–H groups in total. The fourth-order valence-electron chi connectivity index (χ4n) is 3.79. The van der Waals surface area contributed by atoms with Gasteiger partial charge in [0.15, 0.2) is 11.5 Å². The number of methoxy groups -OCH3 is 1. The number of nitriles is 1. The fraction of sp³-hybridized carbons (Fsp3) is 0.375. The first-order valence-corrected chi connectivity index (χ1v) is 12.5. The summed E-state index contributed by atoms with van der Waals surface area (Å²) in [4.78, 5) is 17.3. The van der Waals surface area contributed by atoms with Crippen molar-refractivity contribution in [3.05, 3.63) is 47.8 Å². The number of fused-ring (bicyclic) bond motifs is 1. The normalized spacial score (nSPS) is 11.5. The molecule has 0 saturated heterocycles. The Morgan fingerprint density at radius 3 is 2.47 bits per heavy atom. The molecule has 3 rings (SSSR count). The molecule has 0 radical (unpaired) electrons. The number of esters is 1. The molecule has 2 aromatic carbocycles. The first-order chi connectivity index (χ1) is 16.3. The summed E-state index contributed by atoms with van der Waals surface area (Å²) in [6.45, 7) is 6.96. The van der Waals surface area contributed by atoms with Crippen LogP contribution in [0.4, 0.5) is 0 Å². The van der Waals surface area contributed by atoms with Crippen LogP contribution in [0.1, 0.15) is 38.6 Å². The number of imidazole rings is 1. The van der Waals surface area contributed by atoms with Crippen LogP contribution in [0.5, 0.6) is 11.5 Å². The van der Waals surface area contributed by atoms with Crippen molar-refractivity contribution in [2.24, 2.45) is 0 Å². The van der Waals surface area contributed by atoms with Crippen molar-refractivity contribution in [2.75, 3.05) is 20.2 Å². The molecule has 0 fully saturated rings. The summed E-state index contributed by atoms with van der Waals surface area (Å²) in [5.41, 5.74) is 1.76. The number of carbonyl (C=O) groups excluding carboxylic acids is 1. The minimum absolute atomic E-state index is 0.0665. The van der Waals surface area contributed by atoms with Crippen LogP contribution in [-0.4, -0.2) is 48.4 Å². The van der Waals surface area contributed by atoms with Gasteiger partial charge in [0, 0.05) is 32.1 Å². The molecule has 0 atom stereocenters. The highest BCUT2D eigenvalue weighted by molar-refractivity contribution is 7.89. The molecular formula is C24H28N4O5S. The van der Waals surface area contributed by atoms with Crippen molar-refractivity contribution < 1.29 is 22.7 Å². The zero-order valence-electron chi connectivity index (χ0n) is 19.7. The molecule has 0 aliphatic rings. The lowest BCUT2D eigenvalue weighted by Crippen LogP contribution is -2.30. The van der Waals surface area contributed by atoms with E-state index in [-0.39, 0.29) is 17.1 Å². The van der Waals surface area contributed by atoms with Crippen molar-refractivity contribution >= 4 is 27.0 Å². The van der Waals surface area contributed by atoms with E-state index >= 15 is 0 Å². The van der Waals surface area contributed by atoms with Crippen molar-refractivity contribution in [1.29, 1.82) is 5.26 Å². The summed E-state index contributed by atoms with van der Waals surface area (Å²) >= 11 is 0. The molecule has 9 nitrogen and oxygen atoms in total. The van der Waals surface area contributed by atoms with Crippen LogP contribution >= 0.6 is 0 Å². The summed E-state index contributed by atoms with van der Waals surface area (Å²) in [6.07, 6.45) is 0.384. The molecule has 34 heavy (non-hydrogen) atoms. The third kappa shape index (κ3) is 5.05. The molecular weight excluding hydrogens is 456 g/mol. The van der Waals surface area contributed by atoms with Gasteiger partial charge in [-0.15, -0.1) is 0 Å². The lowest BCUT2D eigenvalue weighted by atomic mass is 10.2. The highest BCUT2D eigenvalue weighted by Gasteiger charge is 2.23. The summed E-state index contributed by atoms with van der Waals surface area (Å²) in [5.74, 6) is 0.734. The first-order valence-electron chi connectivity index (χ1n) is 11.1. The Morgan fingerprint density at radius 1 is 1.12 bits per heavy atom. The lowest BCUT2D eigenvalue weighted by Gasteiger charge is -2.18. The minimum atomic E-state index is -3.60. The van der Waals surface area contributed by atoms with Crippen LogP contribution < -0.4 is 9.47 Å². The van der Waals surface area contributed by atoms with Crippen molar-refractivity contribution in [2.45, 2.75) is 45.1 Å². The molecule has 0 aliphatic carbocycles. The Morgan fingerprint density at radius 2 is 1.85 bits per heavy atom. The molecule has 0 saturated carbocycles. The number of aryl methyl sites for hydroxylation is 2. The number of sulfonamides is 1. The van der Waals surface area contributed by atoms with E-state index < -0.39 is 16.0 Å². The van der Waals surface area contributed by atoms with E-state index in [9.17, 15) is 13.2 Å². The fourth-order valence-corrected chi connectivity index (χ4v) is 5.26. The maximum absolute atomic E-state index is 12.9. The van der Waals surface area contributed by atoms with Gasteiger partial charge in [-0.3, -0.25) is 4.79 Å². The molecule has 0 spiro atoms. The second-order valence-corrected chi connectivity index (χ2v) is 9.40. The zero-order valence-corrected chi connectivity index (χ0v) is 20.6. The molecule has 1 heterocycles. The third-order valence-corrected chi connectivity index (χ3v) is 7.57. The first kappa shape index (κ1) is 25.2. The van der Waals surface area contributed by atoms with Crippen LogP contribution in [0.3, 0.4) is 0 Å². The van der Waals surface area contributed by atoms with Crippen LogP contribution in [0, 0.1) is 11.3 Å². The van der Waals surface area contributed by atoms with E-state index in [1.54, 1.807) is 38.1 Å². The number of benzene rings is 2. The van der Waals surface area contributed by atoms with Crippen LogP contribution in [0.15, 0.2) is 41.3 Å². The summed E-state index contributed by atoms with van der Waals surface area (Å²) in [7, 11) is -2.16. The molecule has 3 aromatic rings. The molecule has 180 valence electrons. The van der Waals surface area contributed by atoms with Gasteiger partial charge in [-0.05, 0) is 37.3 Å². The van der Waals surface area contributed by atoms with E-state index in [0.717, 1.165) is 5.52 Å². The number of nitrogens with zero attached hydrogens (tertiary/aromatic N) is 4. The van der Waals surface area contributed by atoms with Gasteiger partial charge >= 0.3 is 5.97 Å². The number of aromatic nitrogens is 2. The van der Waals surface area contributed by atoms with Crippen molar-refractivity contribution in [3.63, 3.8) is 0 Å². The Labute approximate surface area is 199 Å². The molecule has 0 amide bonds. The maximum atomic E-state index is 12.9. The third-order valence-electron chi connectivity index (χ3n) is 5.53. The Balaban J connectivity index is 1.81.